The number of nitrogens with zero attached hydrogens (tertiary/aromatic N) is 2. The maximum atomic E-state index is 12.1. The molecule has 0 saturated heterocycles. The third-order valence-electron chi connectivity index (χ3n) is 4.26. The third kappa shape index (κ3) is 4.58. The summed E-state index contributed by atoms with van der Waals surface area (Å²) in [5.41, 5.74) is 6.44. The number of hydrogen-bond donors (Lipinski definition) is 5. The minimum Gasteiger partial charge on any atom is -0.369 e. The fourth-order valence-corrected chi connectivity index (χ4v) is 3.33. The highest BCUT2D eigenvalue weighted by molar-refractivity contribution is 7.89. The third-order valence-corrected chi connectivity index (χ3v) is 5.19. The van der Waals surface area contributed by atoms with Crippen molar-refractivity contribution in [1.82, 2.24) is 15.3 Å². The highest BCUT2D eigenvalue weighted by Gasteiger charge is 2.23. The lowest BCUT2D eigenvalue weighted by Gasteiger charge is -2.16. The van der Waals surface area contributed by atoms with Crippen molar-refractivity contribution in [2.75, 3.05) is 35.7 Å². The van der Waals surface area contributed by atoms with E-state index in [4.69, 9.17) is 10.9 Å². The highest BCUT2D eigenvalue weighted by Crippen LogP contribution is 2.25. The van der Waals surface area contributed by atoms with Gasteiger partial charge in [-0.05, 0) is 24.1 Å². The van der Waals surface area contributed by atoms with Gasteiger partial charge in [0, 0.05) is 19.5 Å². The molecule has 0 aliphatic carbocycles. The summed E-state index contributed by atoms with van der Waals surface area (Å²) in [4.78, 5) is 32.2. The van der Waals surface area contributed by atoms with E-state index in [0.29, 0.717) is 37.7 Å². The molecule has 0 bridgehead atoms. The number of anilines is 3. The first-order valence-electron chi connectivity index (χ1n) is 8.51. The van der Waals surface area contributed by atoms with E-state index in [0.717, 1.165) is 5.56 Å². The number of carbonyl (C=O) groups excluding carboxylic acids is 1. The number of amides is 1. The molecule has 0 spiro atoms. The Balaban J connectivity index is 1.46. The molecule has 1 aliphatic rings. The van der Waals surface area contributed by atoms with Crippen LogP contribution in [0.25, 0.3) is 0 Å². The number of nitrogens with one attached hydrogen (secondary N) is 3. The summed E-state index contributed by atoms with van der Waals surface area (Å²) in [5.74, 6) is 0.312. The lowest BCUT2D eigenvalue weighted by Crippen LogP contribution is -2.32. The number of rotatable bonds is 7. The number of aromatic amines is 1. The molecular weight excluding hydrogens is 386 g/mol. The summed E-state index contributed by atoms with van der Waals surface area (Å²) in [7, 11) is -3.71. The van der Waals surface area contributed by atoms with E-state index in [1.807, 2.05) is 0 Å². The molecule has 0 unspecified atom stereocenters. The van der Waals surface area contributed by atoms with Crippen LogP contribution in [0, 0.1) is 0 Å². The van der Waals surface area contributed by atoms with Crippen molar-refractivity contribution in [3.05, 3.63) is 40.2 Å². The Morgan fingerprint density at radius 3 is 2.68 bits per heavy atom. The van der Waals surface area contributed by atoms with Crippen molar-refractivity contribution in [3.8, 4) is 0 Å². The fraction of sp³-hybridized carbons (Fsp3) is 0.312. The van der Waals surface area contributed by atoms with Gasteiger partial charge in [0.1, 0.15) is 5.69 Å². The van der Waals surface area contributed by atoms with Gasteiger partial charge in [-0.15, -0.1) is 0 Å². The zero-order chi connectivity index (χ0) is 20.3. The van der Waals surface area contributed by atoms with Gasteiger partial charge in [0.2, 0.25) is 21.9 Å². The van der Waals surface area contributed by atoms with Crippen LogP contribution in [0.15, 0.2) is 34.0 Å². The maximum Gasteiger partial charge on any atom is 0.277 e. The highest BCUT2D eigenvalue weighted by atomic mass is 32.2. The Morgan fingerprint density at radius 2 is 2.00 bits per heavy atom. The molecule has 0 radical (unpaired) electrons. The first-order valence-corrected chi connectivity index (χ1v) is 10.1. The Hall–Kier alpha value is -3.12. The Kier molecular flexibility index (Phi) is 5.51. The average Bonchev–Trinajstić information content (AvgIpc) is 3.03. The average molecular weight is 407 g/mol. The van der Waals surface area contributed by atoms with Crippen molar-refractivity contribution in [1.29, 1.82) is 0 Å². The molecule has 2 heterocycles. The first kappa shape index (κ1) is 19.6. The summed E-state index contributed by atoms with van der Waals surface area (Å²) >= 11 is 0. The number of aromatic nitrogens is 2. The van der Waals surface area contributed by atoms with Gasteiger partial charge in [0.05, 0.1) is 11.6 Å². The predicted molar refractivity (Wildman–Crippen MR) is 104 cm³/mol. The Morgan fingerprint density at radius 1 is 1.29 bits per heavy atom. The van der Waals surface area contributed by atoms with Gasteiger partial charge in [-0.2, -0.15) is 4.98 Å². The number of hydrogen-bond acceptors (Lipinski definition) is 8. The van der Waals surface area contributed by atoms with Crippen molar-refractivity contribution in [3.63, 3.8) is 0 Å². The molecule has 1 amide bonds. The summed E-state index contributed by atoms with van der Waals surface area (Å²) in [6.07, 6.45) is 0.776. The molecule has 1 aromatic carbocycles. The van der Waals surface area contributed by atoms with Crippen LogP contribution in [0.2, 0.25) is 0 Å². The summed E-state index contributed by atoms with van der Waals surface area (Å²) in [6.45, 7) is 1.16. The van der Waals surface area contributed by atoms with Crippen molar-refractivity contribution >= 4 is 33.4 Å². The minimum absolute atomic E-state index is 0.0235. The van der Waals surface area contributed by atoms with Crippen LogP contribution in [-0.2, 0) is 21.2 Å². The van der Waals surface area contributed by atoms with E-state index in [-0.39, 0.29) is 28.7 Å². The fourth-order valence-electron chi connectivity index (χ4n) is 2.82. The first-order chi connectivity index (χ1) is 13.2. The maximum absolute atomic E-state index is 12.1. The lowest BCUT2D eigenvalue weighted by molar-refractivity contribution is -0.120. The molecule has 0 atom stereocenters. The normalized spacial score (nSPS) is 13.1. The van der Waals surface area contributed by atoms with Gasteiger partial charge in [-0.1, -0.05) is 12.1 Å². The molecule has 11 nitrogen and oxygen atoms in total. The molecule has 150 valence electrons. The number of sulfonamides is 1. The second kappa shape index (κ2) is 7.86. The van der Waals surface area contributed by atoms with E-state index >= 15 is 0 Å². The van der Waals surface area contributed by atoms with Gasteiger partial charge >= 0.3 is 0 Å². The number of fused-ring (bicyclic) bond motifs is 1. The van der Waals surface area contributed by atoms with Crippen LogP contribution in [0.3, 0.4) is 0 Å². The number of H-pyrrole nitrogens is 1. The lowest BCUT2D eigenvalue weighted by atomic mass is 10.1. The van der Waals surface area contributed by atoms with Crippen molar-refractivity contribution in [2.24, 2.45) is 5.14 Å². The molecule has 12 heteroatoms. The molecule has 28 heavy (non-hydrogen) atoms. The smallest absolute Gasteiger partial charge is 0.277 e. The van der Waals surface area contributed by atoms with Crippen LogP contribution in [0.1, 0.15) is 12.0 Å². The molecular formula is C16H21N7O4S. The van der Waals surface area contributed by atoms with Crippen molar-refractivity contribution < 1.29 is 13.2 Å². The molecule has 7 N–H and O–H groups in total. The number of nitrogens with two attached hydrogens (primary N) is 2. The van der Waals surface area contributed by atoms with E-state index in [1.54, 1.807) is 17.0 Å². The zero-order valence-corrected chi connectivity index (χ0v) is 15.8. The van der Waals surface area contributed by atoms with Gasteiger partial charge in [-0.3, -0.25) is 14.6 Å². The SMILES string of the molecule is Nc1nc2c(c(=O)[nH]1)NCN2CCC(=O)NCCc1ccc(S(N)(=O)=O)cc1. The second-order valence-corrected chi connectivity index (χ2v) is 7.85. The van der Waals surface area contributed by atoms with E-state index in [2.05, 4.69) is 20.6 Å². The van der Waals surface area contributed by atoms with Gasteiger partial charge in [0.25, 0.3) is 5.56 Å². The van der Waals surface area contributed by atoms with Crippen LogP contribution < -0.4 is 32.0 Å². The Bertz CT molecular complexity index is 1030. The van der Waals surface area contributed by atoms with Gasteiger partial charge in [0.15, 0.2) is 5.82 Å². The Labute approximate surface area is 161 Å². The van der Waals surface area contributed by atoms with Crippen LogP contribution in [-0.4, -0.2) is 44.1 Å². The van der Waals surface area contributed by atoms with Gasteiger partial charge < -0.3 is 21.3 Å². The monoisotopic (exact) mass is 407 g/mol. The summed E-state index contributed by atoms with van der Waals surface area (Å²) < 4.78 is 22.4. The van der Waals surface area contributed by atoms with E-state index < -0.39 is 10.0 Å². The topological polar surface area (TPSA) is 176 Å². The molecule has 0 saturated carbocycles. The summed E-state index contributed by atoms with van der Waals surface area (Å²) in [6, 6.07) is 6.19. The molecule has 1 aliphatic heterocycles. The number of benzene rings is 1. The van der Waals surface area contributed by atoms with Crippen LogP contribution >= 0.6 is 0 Å². The van der Waals surface area contributed by atoms with Gasteiger partial charge in [-0.25, -0.2) is 13.6 Å². The largest absolute Gasteiger partial charge is 0.369 e. The number of carbonyl (C=O) groups is 1. The predicted octanol–water partition coefficient (Wildman–Crippen LogP) is -1.06. The molecule has 2 aromatic rings. The van der Waals surface area contributed by atoms with E-state index in [1.165, 1.54) is 12.1 Å². The van der Waals surface area contributed by atoms with Crippen molar-refractivity contribution in [2.45, 2.75) is 17.7 Å². The van der Waals surface area contributed by atoms with Crippen LogP contribution in [0.4, 0.5) is 17.5 Å². The zero-order valence-electron chi connectivity index (χ0n) is 14.9. The van der Waals surface area contributed by atoms with E-state index in [9.17, 15) is 18.0 Å². The molecule has 0 fully saturated rings. The standard InChI is InChI=1S/C16H21N7O4S/c17-16-21-14-13(15(25)22-16)20-9-23(14)8-6-12(24)19-7-5-10-1-3-11(4-2-10)28(18,26)27/h1-4,20H,5-9H2,(H,19,24)(H2,18,26,27)(H3,17,21,22,25). The summed E-state index contributed by atoms with van der Waals surface area (Å²) in [5, 5.41) is 10.8. The molecule has 3 rings (SSSR count). The number of primary sulfonamides is 1. The second-order valence-electron chi connectivity index (χ2n) is 6.29. The molecule has 1 aromatic heterocycles. The number of nitrogen functional groups attached to an aromatic ring is 1. The quantitative estimate of drug-likeness (QED) is 0.385. The minimum atomic E-state index is -3.71. The van der Waals surface area contributed by atoms with Crippen LogP contribution in [0.5, 0.6) is 0 Å².